The smallest absolute Gasteiger partial charge is 0.420 e. The Morgan fingerprint density at radius 1 is 1.24 bits per heavy atom. The zero-order valence-corrected chi connectivity index (χ0v) is 23.2. The maximum Gasteiger partial charge on any atom is 0.420 e. The van der Waals surface area contributed by atoms with Crippen LogP contribution in [0.25, 0.3) is 6.08 Å². The van der Waals surface area contributed by atoms with Crippen molar-refractivity contribution in [2.24, 2.45) is 17.3 Å². The van der Waals surface area contributed by atoms with Crippen LogP contribution >= 0.6 is 11.3 Å². The fourth-order valence-corrected chi connectivity index (χ4v) is 5.42. The third kappa shape index (κ3) is 6.38. The molecular weight excluding hydrogens is 523 g/mol. The van der Waals surface area contributed by atoms with E-state index in [-0.39, 0.29) is 6.42 Å². The number of ketones is 1. The van der Waals surface area contributed by atoms with Crippen LogP contribution in [-0.2, 0) is 19.1 Å². The van der Waals surface area contributed by atoms with Crippen molar-refractivity contribution in [3.8, 4) is 0 Å². The van der Waals surface area contributed by atoms with Crippen LogP contribution in [0.4, 0.5) is 13.2 Å². The van der Waals surface area contributed by atoms with Crippen molar-refractivity contribution in [3.63, 3.8) is 0 Å². The Morgan fingerprint density at radius 3 is 2.47 bits per heavy atom. The summed E-state index contributed by atoms with van der Waals surface area (Å²) in [5, 5.41) is 24.1. The molecule has 1 saturated heterocycles. The van der Waals surface area contributed by atoms with Crippen molar-refractivity contribution in [2.75, 3.05) is 0 Å². The van der Waals surface area contributed by atoms with E-state index in [1.54, 1.807) is 25.3 Å². The van der Waals surface area contributed by atoms with E-state index in [0.717, 1.165) is 5.01 Å². The number of fused-ring (bicyclic) bond motifs is 1. The molecule has 2 aliphatic rings. The molecule has 0 unspecified atom stereocenters. The van der Waals surface area contributed by atoms with Crippen LogP contribution in [-0.4, -0.2) is 63.1 Å². The zero-order valence-electron chi connectivity index (χ0n) is 22.4. The number of aromatic nitrogens is 1. The summed E-state index contributed by atoms with van der Waals surface area (Å²) in [7, 11) is 0. The van der Waals surface area contributed by atoms with Gasteiger partial charge in [-0.15, -0.1) is 11.3 Å². The van der Waals surface area contributed by atoms with Crippen molar-refractivity contribution in [1.82, 2.24) is 4.98 Å². The maximum atomic E-state index is 14.1. The van der Waals surface area contributed by atoms with Gasteiger partial charge in [-0.05, 0) is 25.5 Å². The quantitative estimate of drug-likeness (QED) is 0.305. The SMILES string of the molecule is C/C(=C\c1csc(C)n1)[C@@H]1C[C@@H]2O[C@]2(C(F)(F)F)C/C=C/[C@H](C)[C@H](O)[C@@H](C)C(=O)C(C)(C)[C@@H](O)CC(=O)O1. The first kappa shape index (κ1) is 30.5. The number of epoxide rings is 1. The second kappa shape index (κ2) is 11.2. The molecule has 7 atom stereocenters. The normalized spacial score (nSPS) is 36.3. The first-order chi connectivity index (χ1) is 17.5. The molecule has 0 radical (unpaired) electrons. The van der Waals surface area contributed by atoms with Crippen LogP contribution in [0.5, 0.6) is 0 Å². The minimum absolute atomic E-state index is 0.252. The number of aliphatic hydroxyl groups excluding tert-OH is 2. The molecule has 3 heterocycles. The Labute approximate surface area is 224 Å². The number of halogens is 3. The summed E-state index contributed by atoms with van der Waals surface area (Å²) < 4.78 is 53.2. The number of cyclic esters (lactones) is 1. The highest BCUT2D eigenvalue weighted by Gasteiger charge is 2.72. The third-order valence-electron chi connectivity index (χ3n) is 7.67. The summed E-state index contributed by atoms with van der Waals surface area (Å²) in [4.78, 5) is 30.4. The predicted molar refractivity (Wildman–Crippen MR) is 136 cm³/mol. The Morgan fingerprint density at radius 2 is 1.89 bits per heavy atom. The Kier molecular flexibility index (Phi) is 8.97. The van der Waals surface area contributed by atoms with Crippen molar-refractivity contribution >= 4 is 29.2 Å². The van der Waals surface area contributed by atoms with Gasteiger partial charge in [-0.2, -0.15) is 13.2 Å². The molecule has 0 saturated carbocycles. The number of thiazole rings is 1. The lowest BCUT2D eigenvalue weighted by molar-refractivity contribution is -0.183. The van der Waals surface area contributed by atoms with Crippen molar-refractivity contribution in [1.29, 1.82) is 0 Å². The van der Waals surface area contributed by atoms with Gasteiger partial charge in [0, 0.05) is 30.1 Å². The number of carbonyl (C=O) groups excluding carboxylic acids is 2. The standard InChI is InChI=1S/C27H36F3NO6S/c1-14-8-7-9-26(27(28,29)30)21(37-26)11-19(15(2)10-18-13-38-17(4)31-18)36-22(33)12-20(32)25(5,6)24(35)16(3)23(14)34/h7-8,10,13-14,16,19-21,23,32,34H,9,11-12H2,1-6H3/b8-7+,15-10+/t14-,16+,19-,20-,21-,23-,26+/m0/s1. The molecular formula is C27H36F3NO6S. The van der Waals surface area contributed by atoms with E-state index in [2.05, 4.69) is 4.98 Å². The molecule has 2 aliphatic heterocycles. The number of carbonyl (C=O) groups is 2. The molecule has 0 amide bonds. The fourth-order valence-electron chi connectivity index (χ4n) is 4.85. The average molecular weight is 560 g/mol. The molecule has 1 aromatic heterocycles. The third-order valence-corrected chi connectivity index (χ3v) is 8.46. The Hall–Kier alpha value is -2.08. The van der Waals surface area contributed by atoms with E-state index >= 15 is 0 Å². The lowest BCUT2D eigenvalue weighted by Gasteiger charge is -2.34. The van der Waals surface area contributed by atoms with Gasteiger partial charge in [-0.25, -0.2) is 4.98 Å². The van der Waals surface area contributed by atoms with E-state index in [9.17, 15) is 33.0 Å². The number of aliphatic hydroxyl groups is 2. The van der Waals surface area contributed by atoms with Gasteiger partial charge < -0.3 is 19.7 Å². The molecule has 38 heavy (non-hydrogen) atoms. The van der Waals surface area contributed by atoms with E-state index in [1.807, 2.05) is 6.92 Å². The van der Waals surface area contributed by atoms with Crippen LogP contribution in [0.15, 0.2) is 23.1 Å². The van der Waals surface area contributed by atoms with Gasteiger partial charge in [-0.3, -0.25) is 9.59 Å². The summed E-state index contributed by atoms with van der Waals surface area (Å²) >= 11 is 1.41. The minimum Gasteiger partial charge on any atom is -0.458 e. The highest BCUT2D eigenvalue weighted by Crippen LogP contribution is 2.54. The molecule has 212 valence electrons. The van der Waals surface area contributed by atoms with Crippen molar-refractivity contribution in [3.05, 3.63) is 33.8 Å². The molecule has 11 heteroatoms. The van der Waals surface area contributed by atoms with Crippen LogP contribution in [0, 0.1) is 24.2 Å². The predicted octanol–water partition coefficient (Wildman–Crippen LogP) is 4.80. The lowest BCUT2D eigenvalue weighted by atomic mass is 9.73. The van der Waals surface area contributed by atoms with Crippen molar-refractivity contribution < 1.29 is 42.4 Å². The summed E-state index contributed by atoms with van der Waals surface area (Å²) in [6, 6.07) is 0. The molecule has 0 bridgehead atoms. The fraction of sp³-hybridized carbons (Fsp3) is 0.667. The first-order valence-corrected chi connectivity index (χ1v) is 13.5. The molecule has 7 nitrogen and oxygen atoms in total. The van der Waals surface area contributed by atoms with E-state index in [4.69, 9.17) is 9.47 Å². The molecule has 3 rings (SSSR count). The maximum absolute atomic E-state index is 14.1. The van der Waals surface area contributed by atoms with Gasteiger partial charge in [0.05, 0.1) is 34.7 Å². The molecule has 1 aromatic rings. The molecule has 2 N–H and O–H groups in total. The summed E-state index contributed by atoms with van der Waals surface area (Å²) in [5.41, 5.74) is -2.77. The number of alkyl halides is 3. The number of ether oxygens (including phenoxy) is 2. The van der Waals surface area contributed by atoms with Gasteiger partial charge in [-0.1, -0.05) is 39.8 Å². The van der Waals surface area contributed by atoms with Gasteiger partial charge in [0.25, 0.3) is 0 Å². The van der Waals surface area contributed by atoms with Gasteiger partial charge in [0.2, 0.25) is 0 Å². The number of Topliss-reactive ketones (excluding diaryl/α,β-unsaturated/α-hetero) is 1. The number of hydrogen-bond donors (Lipinski definition) is 2. The lowest BCUT2D eigenvalue weighted by Crippen LogP contribution is -2.45. The second-order valence-electron chi connectivity index (χ2n) is 11.0. The topological polar surface area (TPSA) is 109 Å². The summed E-state index contributed by atoms with van der Waals surface area (Å²) in [6.45, 7) is 9.53. The van der Waals surface area contributed by atoms with E-state index in [1.165, 1.54) is 44.3 Å². The van der Waals surface area contributed by atoms with Crippen LogP contribution in [0.2, 0.25) is 0 Å². The number of rotatable bonds is 2. The molecule has 0 spiro atoms. The highest BCUT2D eigenvalue weighted by atomic mass is 32.1. The monoisotopic (exact) mass is 559 g/mol. The Balaban J connectivity index is 1.98. The minimum atomic E-state index is -4.68. The van der Waals surface area contributed by atoms with Crippen molar-refractivity contribution in [2.45, 2.75) is 97.0 Å². The van der Waals surface area contributed by atoms with Gasteiger partial charge in [0.15, 0.2) is 5.60 Å². The number of hydrogen-bond acceptors (Lipinski definition) is 8. The Bertz CT molecular complexity index is 1100. The molecule has 0 aliphatic carbocycles. The zero-order chi connectivity index (χ0) is 28.6. The van der Waals surface area contributed by atoms with E-state index in [0.29, 0.717) is 11.3 Å². The van der Waals surface area contributed by atoms with Gasteiger partial charge in [0.1, 0.15) is 18.0 Å². The highest BCUT2D eigenvalue weighted by molar-refractivity contribution is 7.09. The summed E-state index contributed by atoms with van der Waals surface area (Å²) in [5.74, 6) is -2.91. The van der Waals surface area contributed by atoms with Crippen LogP contribution in [0.3, 0.4) is 0 Å². The first-order valence-electron chi connectivity index (χ1n) is 12.6. The largest absolute Gasteiger partial charge is 0.458 e. The van der Waals surface area contributed by atoms with Crippen LogP contribution < -0.4 is 0 Å². The van der Waals surface area contributed by atoms with Gasteiger partial charge >= 0.3 is 12.1 Å². The van der Waals surface area contributed by atoms with E-state index < -0.39 is 78.0 Å². The molecule has 0 aromatic carbocycles. The summed E-state index contributed by atoms with van der Waals surface area (Å²) in [6.07, 6.45) is -6.53. The number of aryl methyl sites for hydroxylation is 1. The number of nitrogens with zero attached hydrogens (tertiary/aromatic N) is 1. The van der Waals surface area contributed by atoms with Crippen LogP contribution in [0.1, 0.15) is 64.6 Å². The molecule has 1 fully saturated rings. The average Bonchev–Trinajstić information content (AvgIpc) is 3.38. The number of esters is 1. The second-order valence-corrected chi connectivity index (χ2v) is 12.0.